The molecular formula is C17H26FN3O2. The van der Waals surface area contributed by atoms with E-state index in [-0.39, 0.29) is 18.1 Å². The lowest BCUT2D eigenvalue weighted by atomic mass is 10.1. The predicted octanol–water partition coefficient (Wildman–Crippen LogP) is 2.03. The SMILES string of the molecule is O=C(NCCCCN1CCCC1)NCC(O)c1ccccc1F. The molecule has 0 aromatic heterocycles. The first kappa shape index (κ1) is 17.7. The molecule has 23 heavy (non-hydrogen) atoms. The van der Waals surface area contributed by atoms with Gasteiger partial charge < -0.3 is 20.6 Å². The van der Waals surface area contributed by atoms with Crippen molar-refractivity contribution in [3.8, 4) is 0 Å². The van der Waals surface area contributed by atoms with E-state index in [9.17, 15) is 14.3 Å². The quantitative estimate of drug-likeness (QED) is 0.642. The number of nitrogens with zero attached hydrogens (tertiary/aromatic N) is 1. The number of amides is 2. The van der Waals surface area contributed by atoms with Gasteiger partial charge in [0.25, 0.3) is 0 Å². The lowest BCUT2D eigenvalue weighted by Crippen LogP contribution is -2.38. The van der Waals surface area contributed by atoms with Crippen LogP contribution in [-0.4, -0.2) is 48.8 Å². The molecule has 0 spiro atoms. The summed E-state index contributed by atoms with van der Waals surface area (Å²) in [6, 6.07) is 5.69. The van der Waals surface area contributed by atoms with Gasteiger partial charge in [0, 0.05) is 18.7 Å². The van der Waals surface area contributed by atoms with Gasteiger partial charge in [0.05, 0.1) is 6.10 Å². The Morgan fingerprint density at radius 1 is 1.22 bits per heavy atom. The van der Waals surface area contributed by atoms with Crippen molar-refractivity contribution >= 4 is 6.03 Å². The van der Waals surface area contributed by atoms with Gasteiger partial charge in [0.15, 0.2) is 0 Å². The van der Waals surface area contributed by atoms with E-state index in [2.05, 4.69) is 15.5 Å². The maximum Gasteiger partial charge on any atom is 0.314 e. The molecule has 1 saturated heterocycles. The zero-order valence-electron chi connectivity index (χ0n) is 13.4. The number of hydrogen-bond donors (Lipinski definition) is 3. The fraction of sp³-hybridized carbons (Fsp3) is 0.588. The molecule has 5 nitrogen and oxygen atoms in total. The average Bonchev–Trinajstić information content (AvgIpc) is 3.06. The standard InChI is InChI=1S/C17H26FN3O2/c18-15-8-2-1-7-14(15)16(22)13-20-17(23)19-9-3-4-10-21-11-5-6-12-21/h1-2,7-8,16,22H,3-6,9-13H2,(H2,19,20,23). The van der Waals surface area contributed by atoms with Crippen LogP contribution in [0.2, 0.25) is 0 Å². The maximum atomic E-state index is 13.5. The highest BCUT2D eigenvalue weighted by atomic mass is 19.1. The third-order valence-corrected chi connectivity index (χ3v) is 4.11. The Kier molecular flexibility index (Phi) is 7.29. The topological polar surface area (TPSA) is 64.6 Å². The van der Waals surface area contributed by atoms with E-state index in [1.807, 2.05) is 0 Å². The largest absolute Gasteiger partial charge is 0.386 e. The van der Waals surface area contributed by atoms with Gasteiger partial charge in [-0.05, 0) is 51.4 Å². The summed E-state index contributed by atoms with van der Waals surface area (Å²) in [6.45, 7) is 4.08. The number of carbonyl (C=O) groups excluding carboxylic acids is 1. The van der Waals surface area contributed by atoms with Crippen LogP contribution < -0.4 is 10.6 Å². The van der Waals surface area contributed by atoms with Crippen LogP contribution in [0.25, 0.3) is 0 Å². The Morgan fingerprint density at radius 2 is 1.96 bits per heavy atom. The van der Waals surface area contributed by atoms with Gasteiger partial charge in [0.1, 0.15) is 5.82 Å². The number of benzene rings is 1. The summed E-state index contributed by atoms with van der Waals surface area (Å²) in [5.74, 6) is -0.468. The number of aliphatic hydroxyl groups is 1. The molecule has 2 amide bonds. The second kappa shape index (κ2) is 9.47. The molecule has 0 bridgehead atoms. The van der Waals surface area contributed by atoms with Gasteiger partial charge >= 0.3 is 6.03 Å². The summed E-state index contributed by atoms with van der Waals surface area (Å²) in [5.41, 5.74) is 0.193. The van der Waals surface area contributed by atoms with Crippen LogP contribution in [0.4, 0.5) is 9.18 Å². The zero-order valence-corrected chi connectivity index (χ0v) is 13.4. The number of halogens is 1. The van der Waals surface area contributed by atoms with Crippen molar-refractivity contribution in [2.45, 2.75) is 31.8 Å². The number of unbranched alkanes of at least 4 members (excludes halogenated alkanes) is 1. The van der Waals surface area contributed by atoms with E-state index in [1.54, 1.807) is 12.1 Å². The van der Waals surface area contributed by atoms with Crippen molar-refractivity contribution in [3.63, 3.8) is 0 Å². The molecule has 3 N–H and O–H groups in total. The number of aliphatic hydroxyl groups excluding tert-OH is 1. The first-order chi connectivity index (χ1) is 11.2. The minimum Gasteiger partial charge on any atom is -0.386 e. The molecule has 1 heterocycles. The number of nitrogens with one attached hydrogen (secondary N) is 2. The van der Waals surface area contributed by atoms with E-state index in [4.69, 9.17) is 0 Å². The Balaban J connectivity index is 1.55. The fourth-order valence-corrected chi connectivity index (χ4v) is 2.78. The lowest BCUT2D eigenvalue weighted by molar-refractivity contribution is 0.169. The molecule has 0 saturated carbocycles. The maximum absolute atomic E-state index is 13.5. The molecule has 0 radical (unpaired) electrons. The van der Waals surface area contributed by atoms with Crippen LogP contribution in [0.15, 0.2) is 24.3 Å². The number of hydrogen-bond acceptors (Lipinski definition) is 3. The van der Waals surface area contributed by atoms with Crippen molar-refractivity contribution in [1.29, 1.82) is 0 Å². The smallest absolute Gasteiger partial charge is 0.314 e. The monoisotopic (exact) mass is 323 g/mol. The summed E-state index contributed by atoms with van der Waals surface area (Å²) in [4.78, 5) is 14.1. The van der Waals surface area contributed by atoms with Gasteiger partial charge in [-0.2, -0.15) is 0 Å². The van der Waals surface area contributed by atoms with Gasteiger partial charge in [-0.15, -0.1) is 0 Å². The lowest BCUT2D eigenvalue weighted by Gasteiger charge is -2.15. The predicted molar refractivity (Wildman–Crippen MR) is 87.7 cm³/mol. The minimum absolute atomic E-state index is 0.0133. The molecule has 1 aromatic rings. The highest BCUT2D eigenvalue weighted by molar-refractivity contribution is 5.73. The summed E-state index contributed by atoms with van der Waals surface area (Å²) < 4.78 is 13.5. The molecule has 128 valence electrons. The normalized spacial score (nSPS) is 16.3. The molecule has 1 aromatic carbocycles. The molecule has 6 heteroatoms. The number of rotatable bonds is 8. The van der Waals surface area contributed by atoms with Crippen molar-refractivity contribution in [1.82, 2.24) is 15.5 Å². The second-order valence-electron chi connectivity index (χ2n) is 5.93. The zero-order chi connectivity index (χ0) is 16.5. The third-order valence-electron chi connectivity index (χ3n) is 4.11. The first-order valence-corrected chi connectivity index (χ1v) is 8.33. The molecule has 2 rings (SSSR count). The Bertz CT molecular complexity index is 492. The van der Waals surface area contributed by atoms with Crippen LogP contribution in [0.3, 0.4) is 0 Å². The number of carbonyl (C=O) groups is 1. The number of urea groups is 1. The fourth-order valence-electron chi connectivity index (χ4n) is 2.78. The molecule has 0 aliphatic carbocycles. The number of likely N-dealkylation sites (tertiary alicyclic amines) is 1. The highest BCUT2D eigenvalue weighted by Gasteiger charge is 2.13. The third kappa shape index (κ3) is 6.15. The van der Waals surface area contributed by atoms with Crippen LogP contribution in [-0.2, 0) is 0 Å². The van der Waals surface area contributed by atoms with Gasteiger partial charge in [-0.3, -0.25) is 0 Å². The van der Waals surface area contributed by atoms with Gasteiger partial charge in [-0.1, -0.05) is 18.2 Å². The van der Waals surface area contributed by atoms with Crippen LogP contribution >= 0.6 is 0 Å². The van der Waals surface area contributed by atoms with Crippen LogP contribution in [0.1, 0.15) is 37.4 Å². The minimum atomic E-state index is -1.04. The van der Waals surface area contributed by atoms with Crippen LogP contribution in [0, 0.1) is 5.82 Å². The first-order valence-electron chi connectivity index (χ1n) is 8.33. The Hall–Kier alpha value is -1.66. The van der Waals surface area contributed by atoms with Gasteiger partial charge in [-0.25, -0.2) is 9.18 Å². The summed E-state index contributed by atoms with van der Waals surface area (Å²) in [7, 11) is 0. The van der Waals surface area contributed by atoms with E-state index in [0.717, 1.165) is 19.4 Å². The molecule has 1 unspecified atom stereocenters. The van der Waals surface area contributed by atoms with Crippen molar-refractivity contribution in [2.75, 3.05) is 32.7 Å². The van der Waals surface area contributed by atoms with E-state index >= 15 is 0 Å². The average molecular weight is 323 g/mol. The van der Waals surface area contributed by atoms with Crippen molar-refractivity contribution in [3.05, 3.63) is 35.6 Å². The van der Waals surface area contributed by atoms with E-state index in [0.29, 0.717) is 6.54 Å². The molecule has 1 fully saturated rings. The second-order valence-corrected chi connectivity index (χ2v) is 5.93. The summed E-state index contributed by atoms with van der Waals surface area (Å²) in [5, 5.41) is 15.2. The molecule has 1 atom stereocenters. The highest BCUT2D eigenvalue weighted by Crippen LogP contribution is 2.15. The molecule has 1 aliphatic heterocycles. The summed E-state index contributed by atoms with van der Waals surface area (Å²) in [6.07, 6.45) is 3.55. The molecular weight excluding hydrogens is 297 g/mol. The van der Waals surface area contributed by atoms with Crippen molar-refractivity contribution < 1.29 is 14.3 Å². The Labute approximate surface area is 136 Å². The van der Waals surface area contributed by atoms with Crippen molar-refractivity contribution in [2.24, 2.45) is 0 Å². The Morgan fingerprint density at radius 3 is 2.70 bits per heavy atom. The van der Waals surface area contributed by atoms with Crippen LogP contribution in [0.5, 0.6) is 0 Å². The van der Waals surface area contributed by atoms with Gasteiger partial charge in [0.2, 0.25) is 0 Å². The van der Waals surface area contributed by atoms with E-state index in [1.165, 1.54) is 38.1 Å². The molecule has 1 aliphatic rings. The summed E-state index contributed by atoms with van der Waals surface area (Å²) >= 11 is 0. The van der Waals surface area contributed by atoms with E-state index < -0.39 is 11.9 Å².